The molecule has 3 fully saturated rings. The number of fused-ring (bicyclic) bond motifs is 2. The van der Waals surface area contributed by atoms with Crippen LogP contribution in [-0.4, -0.2) is 61.7 Å². The largest absolute Gasteiger partial charge is 0.507 e. The molecule has 2 bridgehead atoms. The number of carbonyl (C=O) groups excluding carboxylic acids is 1. The van der Waals surface area contributed by atoms with Gasteiger partial charge >= 0.3 is 0 Å². The second-order valence-corrected chi connectivity index (χ2v) is 11.0. The van der Waals surface area contributed by atoms with Gasteiger partial charge in [0.1, 0.15) is 11.6 Å². The molecule has 0 radical (unpaired) electrons. The van der Waals surface area contributed by atoms with Crippen molar-refractivity contribution < 1.29 is 19.5 Å². The van der Waals surface area contributed by atoms with Crippen LogP contribution < -0.4 is 10.2 Å². The molecule has 9 heteroatoms. The number of piperidine rings is 2. The molecule has 1 aromatic heterocycles. The van der Waals surface area contributed by atoms with Gasteiger partial charge in [-0.1, -0.05) is 0 Å². The second-order valence-electron chi connectivity index (χ2n) is 11.0. The Hall–Kier alpha value is -3.04. The van der Waals surface area contributed by atoms with Crippen LogP contribution in [0, 0.1) is 5.82 Å². The molecule has 192 valence electrons. The molecule has 3 aliphatic rings. The van der Waals surface area contributed by atoms with Gasteiger partial charge in [-0.2, -0.15) is 5.06 Å². The summed E-state index contributed by atoms with van der Waals surface area (Å²) in [5.41, 5.74) is 0.201. The summed E-state index contributed by atoms with van der Waals surface area (Å²) < 4.78 is 14.7. The summed E-state index contributed by atoms with van der Waals surface area (Å²) in [6, 6.07) is 6.79. The van der Waals surface area contributed by atoms with Gasteiger partial charge in [-0.05, 0) is 89.1 Å². The molecule has 1 aromatic carbocycles. The van der Waals surface area contributed by atoms with E-state index in [1.165, 1.54) is 31.3 Å². The average molecular weight is 496 g/mol. The minimum absolute atomic E-state index is 0.104. The first-order valence-electron chi connectivity index (χ1n) is 12.7. The van der Waals surface area contributed by atoms with E-state index in [1.54, 1.807) is 11.1 Å². The van der Waals surface area contributed by atoms with Crippen molar-refractivity contribution in [3.63, 3.8) is 0 Å². The summed E-state index contributed by atoms with van der Waals surface area (Å²) in [7, 11) is 1.48. The molecule has 36 heavy (non-hydrogen) atoms. The lowest BCUT2D eigenvalue weighted by molar-refractivity contribution is -0.274. The van der Waals surface area contributed by atoms with Crippen LogP contribution in [0.15, 0.2) is 30.3 Å². The van der Waals surface area contributed by atoms with Crippen LogP contribution in [0.1, 0.15) is 64.4 Å². The highest BCUT2D eigenvalue weighted by atomic mass is 19.1. The van der Waals surface area contributed by atoms with Crippen molar-refractivity contribution >= 4 is 17.8 Å². The van der Waals surface area contributed by atoms with Crippen molar-refractivity contribution in [3.8, 4) is 17.0 Å². The molecule has 0 spiro atoms. The highest BCUT2D eigenvalue weighted by Gasteiger charge is 2.54. The van der Waals surface area contributed by atoms with Crippen LogP contribution in [0.25, 0.3) is 17.3 Å². The van der Waals surface area contributed by atoms with E-state index in [0.29, 0.717) is 11.7 Å². The number of halogens is 1. The fourth-order valence-corrected chi connectivity index (χ4v) is 6.17. The highest BCUT2D eigenvalue weighted by molar-refractivity contribution is 5.91. The third kappa shape index (κ3) is 4.46. The van der Waals surface area contributed by atoms with Crippen molar-refractivity contribution in [1.82, 2.24) is 20.6 Å². The summed E-state index contributed by atoms with van der Waals surface area (Å²) in [5.74, 6) is -0.306. The zero-order valence-electron chi connectivity index (χ0n) is 21.0. The number of benzene rings is 1. The lowest BCUT2D eigenvalue weighted by Gasteiger charge is -2.59. The smallest absolute Gasteiger partial charge is 0.243 e. The molecule has 2 saturated heterocycles. The van der Waals surface area contributed by atoms with Crippen LogP contribution in [-0.2, 0) is 4.79 Å². The number of likely N-dealkylation sites (N-methyl/N-ethyl adjacent to an activating group) is 1. The van der Waals surface area contributed by atoms with Gasteiger partial charge in [0.05, 0.1) is 5.69 Å². The first-order chi connectivity index (χ1) is 17.1. The Bertz CT molecular complexity index is 1160. The minimum Gasteiger partial charge on any atom is -0.507 e. The number of carbonyl (C=O) groups is 1. The Labute approximate surface area is 210 Å². The maximum atomic E-state index is 14.7. The fraction of sp³-hybridized carbons (Fsp3) is 0.519. The number of amides is 1. The molecule has 2 aliphatic heterocycles. The van der Waals surface area contributed by atoms with E-state index in [1.807, 2.05) is 6.07 Å². The number of rotatable bonds is 6. The van der Waals surface area contributed by atoms with Gasteiger partial charge < -0.3 is 20.5 Å². The number of nitrogens with zero attached hydrogens (tertiary/aromatic N) is 4. The molecule has 2 aromatic rings. The second kappa shape index (κ2) is 9.12. The topological polar surface area (TPSA) is 102 Å². The summed E-state index contributed by atoms with van der Waals surface area (Å²) in [6.45, 7) is 4.31. The number of nitrogens with one attached hydrogen (secondary N) is 1. The third-order valence-electron chi connectivity index (χ3n) is 8.10. The number of phenols is 1. The molecule has 3 atom stereocenters. The standard InChI is InChI=1S/C27H34FN5O3/c1-26-11-4-12-27(2,33(26)36)16-19(15-26)32(18-6-7-18)24-9-8-22(30-31-24)20-14-21(28)17(13-23(20)34)5-10-25(35)29-3/h5,8-10,13-14,18-19,34,36H,4,6-7,11-12,15-16H2,1-3H3,(H,29,35)/b10-5+/t19?,26-,27+. The maximum absolute atomic E-state index is 14.7. The quantitative estimate of drug-likeness (QED) is 0.515. The van der Waals surface area contributed by atoms with E-state index in [0.717, 1.165) is 50.8 Å². The normalized spacial score (nSPS) is 28.3. The van der Waals surface area contributed by atoms with Gasteiger partial charge in [-0.3, -0.25) is 4.79 Å². The van der Waals surface area contributed by atoms with Crippen molar-refractivity contribution in [1.29, 1.82) is 0 Å². The molecular formula is C27H34FN5O3. The first kappa shape index (κ1) is 24.6. The molecule has 1 aliphatic carbocycles. The first-order valence-corrected chi connectivity index (χ1v) is 12.7. The lowest BCUT2D eigenvalue weighted by Crippen LogP contribution is -2.67. The molecule has 8 nitrogen and oxygen atoms in total. The van der Waals surface area contributed by atoms with Crippen molar-refractivity contribution in [2.45, 2.75) is 82.0 Å². The van der Waals surface area contributed by atoms with E-state index in [-0.39, 0.29) is 39.9 Å². The Morgan fingerprint density at radius 1 is 1.17 bits per heavy atom. The van der Waals surface area contributed by atoms with Crippen LogP contribution in [0.3, 0.4) is 0 Å². The summed E-state index contributed by atoms with van der Waals surface area (Å²) in [5, 5.41) is 34.4. The minimum atomic E-state index is -0.572. The predicted octanol–water partition coefficient (Wildman–Crippen LogP) is 4.27. The van der Waals surface area contributed by atoms with E-state index in [2.05, 4.69) is 34.3 Å². The average Bonchev–Trinajstić information content (AvgIpc) is 3.67. The molecule has 1 unspecified atom stereocenters. The van der Waals surface area contributed by atoms with Gasteiger partial charge in [0.25, 0.3) is 0 Å². The fourth-order valence-electron chi connectivity index (χ4n) is 6.17. The van der Waals surface area contributed by atoms with Gasteiger partial charge in [0.15, 0.2) is 5.82 Å². The van der Waals surface area contributed by atoms with Crippen LogP contribution in [0.2, 0.25) is 0 Å². The number of hydrogen-bond acceptors (Lipinski definition) is 7. The Morgan fingerprint density at radius 3 is 2.44 bits per heavy atom. The van der Waals surface area contributed by atoms with Gasteiger partial charge in [0, 0.05) is 47.4 Å². The van der Waals surface area contributed by atoms with Gasteiger partial charge in [-0.15, -0.1) is 10.2 Å². The Balaban J connectivity index is 1.40. The lowest BCUT2D eigenvalue weighted by atomic mass is 9.68. The molecule has 5 rings (SSSR count). The Kier molecular flexibility index (Phi) is 6.24. The third-order valence-corrected chi connectivity index (χ3v) is 8.10. The van der Waals surface area contributed by atoms with Crippen LogP contribution >= 0.6 is 0 Å². The molecule has 1 amide bonds. The van der Waals surface area contributed by atoms with E-state index in [4.69, 9.17) is 0 Å². The number of phenolic OH excluding ortho intramolecular Hbond substituents is 1. The van der Waals surface area contributed by atoms with E-state index in [9.17, 15) is 19.5 Å². The van der Waals surface area contributed by atoms with Gasteiger partial charge in [0.2, 0.25) is 5.91 Å². The van der Waals surface area contributed by atoms with E-state index < -0.39 is 5.82 Å². The number of hydroxylamine groups is 2. The van der Waals surface area contributed by atoms with Gasteiger partial charge in [-0.25, -0.2) is 4.39 Å². The number of aromatic nitrogens is 2. The monoisotopic (exact) mass is 495 g/mol. The maximum Gasteiger partial charge on any atom is 0.243 e. The SMILES string of the molecule is CNC(=O)/C=C/c1cc(O)c(-c2ccc(N(C3CC3)C3C[C@]4(C)CCC[C@](C)(C3)N4O)nn2)cc1F. The Morgan fingerprint density at radius 2 is 1.86 bits per heavy atom. The van der Waals surface area contributed by atoms with Crippen LogP contribution in [0.4, 0.5) is 10.2 Å². The zero-order valence-corrected chi connectivity index (χ0v) is 21.0. The molecular weight excluding hydrogens is 461 g/mol. The van der Waals surface area contributed by atoms with Crippen molar-refractivity contribution in [2.24, 2.45) is 0 Å². The number of anilines is 1. The van der Waals surface area contributed by atoms with Crippen molar-refractivity contribution in [3.05, 3.63) is 41.7 Å². The summed E-state index contributed by atoms with van der Waals surface area (Å²) >= 11 is 0. The predicted molar refractivity (Wildman–Crippen MR) is 135 cm³/mol. The highest BCUT2D eigenvalue weighted by Crippen LogP contribution is 2.50. The van der Waals surface area contributed by atoms with Crippen LogP contribution in [0.5, 0.6) is 5.75 Å². The molecule has 3 heterocycles. The summed E-state index contributed by atoms with van der Waals surface area (Å²) in [6.07, 6.45) is 9.50. The molecule has 1 saturated carbocycles. The zero-order chi connectivity index (χ0) is 25.7. The molecule has 3 N–H and O–H groups in total. The number of hydrogen-bond donors (Lipinski definition) is 3. The summed E-state index contributed by atoms with van der Waals surface area (Å²) in [4.78, 5) is 13.8. The number of aromatic hydroxyl groups is 1. The van der Waals surface area contributed by atoms with Crippen molar-refractivity contribution in [2.75, 3.05) is 11.9 Å². The van der Waals surface area contributed by atoms with E-state index >= 15 is 0 Å².